The molecule has 0 aliphatic rings. The lowest BCUT2D eigenvalue weighted by atomic mass is 10.1. The van der Waals surface area contributed by atoms with Crippen molar-refractivity contribution in [3.8, 4) is 29.4 Å². The number of aromatic nitrogens is 2. The fourth-order valence-electron chi connectivity index (χ4n) is 3.80. The van der Waals surface area contributed by atoms with Gasteiger partial charge in [-0.2, -0.15) is 0 Å². The molecule has 0 spiro atoms. The van der Waals surface area contributed by atoms with E-state index in [1.165, 1.54) is 0 Å². The van der Waals surface area contributed by atoms with E-state index < -0.39 is 0 Å². The molecule has 0 atom stereocenters. The van der Waals surface area contributed by atoms with E-state index in [1.807, 2.05) is 36.4 Å². The van der Waals surface area contributed by atoms with Crippen LogP contribution in [0.1, 0.15) is 19.3 Å². The number of terminal acetylenes is 1. The zero-order chi connectivity index (χ0) is 33.6. The average molecular weight is 661 g/mol. The van der Waals surface area contributed by atoms with Crippen LogP contribution in [0.2, 0.25) is 0 Å². The van der Waals surface area contributed by atoms with Crippen LogP contribution >= 0.6 is 0 Å². The quantitative estimate of drug-likeness (QED) is 0.0329. The molecule has 0 amide bonds. The first-order chi connectivity index (χ1) is 23.1. The van der Waals surface area contributed by atoms with E-state index in [4.69, 9.17) is 54.8 Å². The third kappa shape index (κ3) is 20.3. The van der Waals surface area contributed by atoms with Gasteiger partial charge in [0.25, 0.3) is 5.82 Å². The van der Waals surface area contributed by atoms with Gasteiger partial charge in [0.15, 0.2) is 6.79 Å². The van der Waals surface area contributed by atoms with Crippen LogP contribution < -0.4 is 15.2 Å². The fourth-order valence-corrected chi connectivity index (χ4v) is 3.80. The summed E-state index contributed by atoms with van der Waals surface area (Å²) in [6.45, 7) is 10.5. The Hall–Kier alpha value is -3.61. The highest BCUT2D eigenvalue weighted by Crippen LogP contribution is 2.20. The van der Waals surface area contributed by atoms with Gasteiger partial charge in [-0.1, -0.05) is 23.7 Å². The molecular weight excluding hydrogens is 610 g/mol. The van der Waals surface area contributed by atoms with E-state index in [0.717, 1.165) is 17.7 Å². The minimum Gasteiger partial charge on any atom is -0.468 e. The second-order valence-electron chi connectivity index (χ2n) is 9.81. The predicted molar refractivity (Wildman–Crippen MR) is 174 cm³/mol. The molecular formula is C34H50N3O10+. The Labute approximate surface area is 278 Å². The number of hydrogen-bond acceptors (Lipinski definition) is 12. The number of benzene rings is 1. The summed E-state index contributed by atoms with van der Waals surface area (Å²) in [6.07, 6.45) is 8.41. The van der Waals surface area contributed by atoms with Crippen molar-refractivity contribution in [3.05, 3.63) is 49.1 Å². The van der Waals surface area contributed by atoms with Gasteiger partial charge in [0.1, 0.15) is 31.2 Å². The monoisotopic (exact) mass is 660 g/mol. The maximum absolute atomic E-state index is 11.6. The van der Waals surface area contributed by atoms with Crippen molar-refractivity contribution < 1.29 is 52.1 Å². The molecule has 1 aromatic carbocycles. The van der Waals surface area contributed by atoms with Crippen LogP contribution in [0.25, 0.3) is 11.3 Å². The molecule has 0 aliphatic carbocycles. The molecule has 260 valence electrons. The number of rotatable bonds is 30. The van der Waals surface area contributed by atoms with Crippen LogP contribution in [0.3, 0.4) is 0 Å². The smallest absolute Gasteiger partial charge is 0.306 e. The van der Waals surface area contributed by atoms with Gasteiger partial charge in [0, 0.05) is 18.1 Å². The molecule has 0 bridgehead atoms. The Bertz CT molecular complexity index is 1140. The van der Waals surface area contributed by atoms with Crippen molar-refractivity contribution in [2.24, 2.45) is 0 Å². The summed E-state index contributed by atoms with van der Waals surface area (Å²) >= 11 is 0. The molecule has 1 heterocycles. The summed E-state index contributed by atoms with van der Waals surface area (Å²) in [4.78, 5) is 11.6. The lowest BCUT2D eigenvalue weighted by Crippen LogP contribution is -2.41. The first kappa shape index (κ1) is 39.6. The van der Waals surface area contributed by atoms with Gasteiger partial charge in [-0.05, 0) is 43.2 Å². The predicted octanol–water partition coefficient (Wildman–Crippen LogP) is 2.60. The van der Waals surface area contributed by atoms with Crippen molar-refractivity contribution in [1.29, 1.82) is 0 Å². The molecule has 13 heteroatoms. The molecule has 2 aromatic rings. The van der Waals surface area contributed by atoms with Crippen LogP contribution in [0, 0.1) is 12.3 Å². The van der Waals surface area contributed by atoms with Crippen LogP contribution in [0.4, 0.5) is 5.82 Å². The van der Waals surface area contributed by atoms with Crippen LogP contribution in [0.5, 0.6) is 5.75 Å². The van der Waals surface area contributed by atoms with Gasteiger partial charge in [0.05, 0.1) is 79.3 Å². The normalized spacial score (nSPS) is 10.9. The SMILES string of the molecule is C#CCOCCOCCOCCOCCOCCOCCOCOc1ccc(-c2ccc(N)[n+](CCCCC(=O)OCC=C)n2)cc1. The number of hydrogen-bond donors (Lipinski definition) is 1. The number of nitrogens with two attached hydrogens (primary N) is 1. The molecule has 0 saturated carbocycles. The minimum atomic E-state index is -0.233. The fraction of sp³-hybridized carbons (Fsp3) is 0.559. The number of ether oxygens (including phenoxy) is 9. The Balaban J connectivity index is 1.43. The largest absolute Gasteiger partial charge is 0.468 e. The first-order valence-electron chi connectivity index (χ1n) is 15.8. The Morgan fingerprint density at radius 1 is 0.787 bits per heavy atom. The Morgan fingerprint density at radius 3 is 1.89 bits per heavy atom. The number of carbonyl (C=O) groups excluding carboxylic acids is 1. The number of nitrogen functional groups attached to an aromatic ring is 1. The lowest BCUT2D eigenvalue weighted by molar-refractivity contribution is -0.739. The highest BCUT2D eigenvalue weighted by Gasteiger charge is 2.11. The molecule has 47 heavy (non-hydrogen) atoms. The van der Waals surface area contributed by atoms with E-state index in [1.54, 1.807) is 10.8 Å². The number of esters is 1. The number of anilines is 1. The second-order valence-corrected chi connectivity index (χ2v) is 9.81. The number of nitrogens with zero attached hydrogens (tertiary/aromatic N) is 2. The number of carbonyl (C=O) groups is 1. The van der Waals surface area contributed by atoms with Crippen LogP contribution in [-0.4, -0.2) is 110 Å². The second kappa shape index (κ2) is 27.5. The average Bonchev–Trinajstić information content (AvgIpc) is 3.09. The summed E-state index contributed by atoms with van der Waals surface area (Å²) in [7, 11) is 0. The van der Waals surface area contributed by atoms with Crippen molar-refractivity contribution >= 4 is 11.8 Å². The maximum Gasteiger partial charge on any atom is 0.306 e. The third-order valence-electron chi connectivity index (χ3n) is 6.18. The van der Waals surface area contributed by atoms with Gasteiger partial charge >= 0.3 is 5.97 Å². The van der Waals surface area contributed by atoms with Gasteiger partial charge in [-0.25, -0.2) is 0 Å². The van der Waals surface area contributed by atoms with Gasteiger partial charge < -0.3 is 42.6 Å². The van der Waals surface area contributed by atoms with Crippen molar-refractivity contribution in [2.75, 3.05) is 105 Å². The Kier molecular flexibility index (Phi) is 23.1. The molecule has 0 aliphatic heterocycles. The van der Waals surface area contributed by atoms with Crippen LogP contribution in [-0.2, 0) is 49.2 Å². The van der Waals surface area contributed by atoms with E-state index in [0.29, 0.717) is 117 Å². The van der Waals surface area contributed by atoms with E-state index in [-0.39, 0.29) is 19.4 Å². The minimum absolute atomic E-state index is 0.108. The molecule has 0 saturated heterocycles. The van der Waals surface area contributed by atoms with E-state index in [9.17, 15) is 4.79 Å². The van der Waals surface area contributed by atoms with Crippen molar-refractivity contribution in [2.45, 2.75) is 25.8 Å². The molecule has 0 unspecified atom stereocenters. The van der Waals surface area contributed by atoms with E-state index in [2.05, 4.69) is 17.6 Å². The lowest BCUT2D eigenvalue weighted by Gasteiger charge is -2.09. The summed E-state index contributed by atoms with van der Waals surface area (Å²) in [6, 6.07) is 11.3. The van der Waals surface area contributed by atoms with Gasteiger partial charge in [-0.3, -0.25) is 10.5 Å². The van der Waals surface area contributed by atoms with E-state index >= 15 is 0 Å². The number of aryl methyl sites for hydroxylation is 1. The van der Waals surface area contributed by atoms with Crippen LogP contribution in [0.15, 0.2) is 49.1 Å². The molecule has 0 fully saturated rings. The van der Waals surface area contributed by atoms with Crippen molar-refractivity contribution in [1.82, 2.24) is 5.10 Å². The topological polar surface area (TPSA) is 143 Å². The zero-order valence-corrected chi connectivity index (χ0v) is 27.3. The summed E-state index contributed by atoms with van der Waals surface area (Å²) in [5.41, 5.74) is 7.81. The first-order valence-corrected chi connectivity index (χ1v) is 15.8. The molecule has 0 radical (unpaired) electrons. The maximum atomic E-state index is 11.6. The molecule has 13 nitrogen and oxygen atoms in total. The highest BCUT2D eigenvalue weighted by atomic mass is 16.7. The summed E-state index contributed by atoms with van der Waals surface area (Å²) < 4.78 is 50.2. The summed E-state index contributed by atoms with van der Waals surface area (Å²) in [5, 5.41) is 4.65. The van der Waals surface area contributed by atoms with Crippen molar-refractivity contribution in [3.63, 3.8) is 0 Å². The van der Waals surface area contributed by atoms with Gasteiger partial charge in [0.2, 0.25) is 0 Å². The molecule has 2 N–H and O–H groups in total. The molecule has 2 rings (SSSR count). The summed E-state index contributed by atoms with van der Waals surface area (Å²) in [5.74, 6) is 3.39. The number of unbranched alkanes of at least 4 members (excludes halogenated alkanes) is 1. The third-order valence-corrected chi connectivity index (χ3v) is 6.18. The highest BCUT2D eigenvalue weighted by molar-refractivity contribution is 5.69. The zero-order valence-electron chi connectivity index (χ0n) is 27.3. The Morgan fingerprint density at radius 2 is 1.34 bits per heavy atom. The standard InChI is InChI=1S/C34H49N3O10/c1-3-15-39-17-18-40-19-20-41-21-22-42-23-24-43-25-26-44-27-28-45-29-47-31-10-8-30(9-11-31)32-12-13-33(35)37(36-32)14-6-5-7-34(38)46-16-4-2/h1,4,8-13,35H,2,5-7,14-29H2/p+1. The van der Waals surface area contributed by atoms with Gasteiger partial charge in [-0.15, -0.1) is 11.1 Å². The molecule has 1 aromatic heterocycles.